The van der Waals surface area contributed by atoms with Gasteiger partial charge >= 0.3 is 11.9 Å². The maximum absolute atomic E-state index is 12.9. The number of carbonyl (C=O) groups is 2. The summed E-state index contributed by atoms with van der Waals surface area (Å²) in [5, 5.41) is 0. The van der Waals surface area contributed by atoms with E-state index in [9.17, 15) is 19.0 Å². The van der Waals surface area contributed by atoms with E-state index in [4.69, 9.17) is 18.5 Å². The molecular weight excluding hydrogens is 1250 g/mol. The van der Waals surface area contributed by atoms with Crippen molar-refractivity contribution in [2.24, 2.45) is 0 Å². The molecule has 0 N–H and O–H groups in total. The maximum atomic E-state index is 12.9. The molecule has 2 atom stereocenters. The van der Waals surface area contributed by atoms with Gasteiger partial charge in [0.15, 0.2) is 6.10 Å². The highest BCUT2D eigenvalue weighted by Crippen LogP contribution is 2.38. The van der Waals surface area contributed by atoms with Crippen LogP contribution in [0.3, 0.4) is 0 Å². The molecule has 0 heterocycles. The molecule has 0 amide bonds. The van der Waals surface area contributed by atoms with Crippen molar-refractivity contribution < 1.29 is 42.1 Å². The van der Waals surface area contributed by atoms with E-state index < -0.39 is 26.5 Å². The average Bonchev–Trinajstić information content (AvgIpc) is 1.30. The molecule has 576 valence electrons. The van der Waals surface area contributed by atoms with Crippen molar-refractivity contribution >= 4 is 19.8 Å². The van der Waals surface area contributed by atoms with Gasteiger partial charge in [0, 0.05) is 12.8 Å². The zero-order valence-electron chi connectivity index (χ0n) is 65.9. The van der Waals surface area contributed by atoms with Gasteiger partial charge in [0.05, 0.1) is 27.7 Å². The van der Waals surface area contributed by atoms with Gasteiger partial charge in [0.1, 0.15) is 19.8 Å². The number of nitrogens with zero attached hydrogens (tertiary/aromatic N) is 1. The fourth-order valence-electron chi connectivity index (χ4n) is 11.8. The van der Waals surface area contributed by atoms with Gasteiger partial charge in [-0.15, -0.1) is 0 Å². The smallest absolute Gasteiger partial charge is 0.306 e. The molecule has 0 aliphatic carbocycles. The third-order valence-corrected chi connectivity index (χ3v) is 19.1. The summed E-state index contributed by atoms with van der Waals surface area (Å²) < 4.78 is 34.4. The largest absolute Gasteiger partial charge is 0.756 e. The number of esters is 2. The Morgan fingerprint density at radius 1 is 0.320 bits per heavy atom. The van der Waals surface area contributed by atoms with E-state index in [0.717, 1.165) is 122 Å². The third-order valence-electron chi connectivity index (χ3n) is 18.2. The number of hydrogen-bond acceptors (Lipinski definition) is 8. The van der Waals surface area contributed by atoms with Crippen LogP contribution in [-0.2, 0) is 32.7 Å². The van der Waals surface area contributed by atoms with Crippen LogP contribution in [0.1, 0.15) is 373 Å². The Hall–Kier alpha value is -3.85. The first kappa shape index (κ1) is 96.2. The van der Waals surface area contributed by atoms with E-state index >= 15 is 0 Å². The van der Waals surface area contributed by atoms with Crippen molar-refractivity contribution in [2.75, 3.05) is 47.5 Å². The minimum atomic E-state index is -4.66. The van der Waals surface area contributed by atoms with Crippen molar-refractivity contribution in [3.8, 4) is 0 Å². The van der Waals surface area contributed by atoms with E-state index in [1.807, 2.05) is 21.1 Å². The summed E-state index contributed by atoms with van der Waals surface area (Å²) in [5.74, 6) is -0.838. The quantitative estimate of drug-likeness (QED) is 0.0195. The molecule has 0 bridgehead atoms. The summed E-state index contributed by atoms with van der Waals surface area (Å²) in [6, 6.07) is 0. The van der Waals surface area contributed by atoms with E-state index in [1.165, 1.54) is 218 Å². The minimum Gasteiger partial charge on any atom is -0.756 e. The van der Waals surface area contributed by atoms with Crippen LogP contribution in [0.15, 0.2) is 134 Å². The van der Waals surface area contributed by atoms with Crippen LogP contribution in [0, 0.1) is 0 Å². The molecule has 0 saturated carbocycles. The molecule has 100 heavy (non-hydrogen) atoms. The molecule has 0 radical (unpaired) electrons. The highest BCUT2D eigenvalue weighted by Gasteiger charge is 2.22. The lowest BCUT2D eigenvalue weighted by Gasteiger charge is -2.28. The summed E-state index contributed by atoms with van der Waals surface area (Å²) in [6.45, 7) is 4.15. The molecule has 0 aromatic heterocycles. The number of unbranched alkanes of at least 4 members (excludes halogenated alkanes) is 41. The van der Waals surface area contributed by atoms with Crippen molar-refractivity contribution in [1.82, 2.24) is 0 Å². The summed E-state index contributed by atoms with van der Waals surface area (Å²) in [5.41, 5.74) is 0. The lowest BCUT2D eigenvalue weighted by Crippen LogP contribution is -2.37. The fraction of sp³-hybridized carbons (Fsp3) is 0.733. The molecule has 0 spiro atoms. The first-order valence-corrected chi connectivity index (χ1v) is 43.4. The first-order chi connectivity index (χ1) is 49.0. The second kappa shape index (κ2) is 79.3. The Kier molecular flexibility index (Phi) is 76.2. The normalized spacial score (nSPS) is 13.7. The number of carbonyl (C=O) groups excluding carboxylic acids is 2. The van der Waals surface area contributed by atoms with Crippen LogP contribution in [0.5, 0.6) is 0 Å². The third kappa shape index (κ3) is 83.1. The van der Waals surface area contributed by atoms with Crippen molar-refractivity contribution in [3.63, 3.8) is 0 Å². The summed E-state index contributed by atoms with van der Waals surface area (Å²) >= 11 is 0. The molecule has 0 aliphatic rings. The SMILES string of the molecule is CC/C=C\C/C=C\C/C=C\C/C=C\C/C=C\C/C=C\C/C=C\C/C=C\C/C=C\C/C=C\C/C=C\CCCCCCCCCC(=O)OC(COC(=O)CCCCCCCCCCCCCCCCCCCCCCCCCCCCCCCCCCCCC)COP(=O)([O-])OCC[N+](C)(C)C. The van der Waals surface area contributed by atoms with Crippen LogP contribution < -0.4 is 4.89 Å². The van der Waals surface area contributed by atoms with Crippen molar-refractivity contribution in [1.29, 1.82) is 0 Å². The second-order valence-electron chi connectivity index (χ2n) is 29.1. The van der Waals surface area contributed by atoms with Gasteiger partial charge in [-0.3, -0.25) is 14.2 Å². The Morgan fingerprint density at radius 2 is 0.570 bits per heavy atom. The Bertz CT molecular complexity index is 2160. The van der Waals surface area contributed by atoms with Gasteiger partial charge in [-0.05, 0) is 96.3 Å². The van der Waals surface area contributed by atoms with Gasteiger partial charge in [0.2, 0.25) is 0 Å². The first-order valence-electron chi connectivity index (χ1n) is 41.9. The Balaban J connectivity index is 4.01. The number of phosphoric ester groups is 1. The number of hydrogen-bond donors (Lipinski definition) is 0. The Labute approximate surface area is 619 Å². The van der Waals surface area contributed by atoms with E-state index in [-0.39, 0.29) is 32.0 Å². The standard InChI is InChI=1S/C90H158NO8P/c1-6-8-10-12-14-16-18-20-22-24-26-28-30-32-34-36-38-40-42-43-44-45-46-47-49-51-53-55-57-59-61-63-65-67-69-71-73-75-77-79-81-83-90(93)99-88(87-98-100(94,95)97-85-84-91(3,4)5)86-96-89(92)82-80-78-76-74-72-70-68-66-64-62-60-58-56-54-52-50-48-41-39-37-35-33-31-29-27-25-23-21-19-17-15-13-11-9-7-2/h8,10,14,16,20,22,26,28,32,34,38,40,43-44,46-47,51,53,57,59,63,65,88H,6-7,9,11-13,15,17-19,21,23-25,27,29-31,33,35-37,39,41-42,45,48-50,52,54-56,58,60-62,64,66-87H2,1-5H3/b10-8-,16-14-,22-20-,28-26-,34-32-,40-38-,44-43-,47-46-,53-51-,59-57-,65-63-. The lowest BCUT2D eigenvalue weighted by atomic mass is 10.0. The molecule has 0 saturated heterocycles. The van der Waals surface area contributed by atoms with Crippen molar-refractivity contribution in [3.05, 3.63) is 134 Å². The zero-order valence-corrected chi connectivity index (χ0v) is 66.8. The predicted octanol–water partition coefficient (Wildman–Crippen LogP) is 27.7. The second-order valence-corrected chi connectivity index (χ2v) is 30.5. The lowest BCUT2D eigenvalue weighted by molar-refractivity contribution is -0.870. The number of ether oxygens (including phenoxy) is 2. The summed E-state index contributed by atoms with van der Waals surface area (Å²) in [7, 11) is 1.16. The number of rotatable bonds is 77. The average molecular weight is 1410 g/mol. The number of quaternary nitrogens is 1. The number of phosphoric acid groups is 1. The van der Waals surface area contributed by atoms with E-state index in [2.05, 4.69) is 148 Å². The van der Waals surface area contributed by atoms with Gasteiger partial charge in [-0.25, -0.2) is 0 Å². The highest BCUT2D eigenvalue weighted by molar-refractivity contribution is 7.45. The van der Waals surface area contributed by atoms with Gasteiger partial charge in [-0.1, -0.05) is 398 Å². The van der Waals surface area contributed by atoms with Crippen molar-refractivity contribution in [2.45, 2.75) is 380 Å². The molecule has 0 aromatic rings. The van der Waals surface area contributed by atoms with Crippen LogP contribution in [0.4, 0.5) is 0 Å². The summed E-state index contributed by atoms with van der Waals surface area (Å²) in [4.78, 5) is 38.2. The minimum absolute atomic E-state index is 0.0374. The molecule has 0 fully saturated rings. The number of allylic oxidation sites excluding steroid dienone is 22. The van der Waals surface area contributed by atoms with E-state index in [1.54, 1.807) is 0 Å². The zero-order chi connectivity index (χ0) is 72.5. The number of likely N-dealkylation sites (N-methyl/N-ethyl adjacent to an activating group) is 1. The molecular formula is C90H158NO8P. The van der Waals surface area contributed by atoms with Gasteiger partial charge in [0.25, 0.3) is 7.82 Å². The molecule has 0 aliphatic heterocycles. The van der Waals surface area contributed by atoms with Gasteiger partial charge < -0.3 is 27.9 Å². The van der Waals surface area contributed by atoms with Crippen LogP contribution in [-0.4, -0.2) is 70.0 Å². The molecule has 10 heteroatoms. The molecule has 0 rings (SSSR count). The van der Waals surface area contributed by atoms with Crippen LogP contribution in [0.25, 0.3) is 0 Å². The molecule has 9 nitrogen and oxygen atoms in total. The van der Waals surface area contributed by atoms with Crippen LogP contribution >= 0.6 is 7.82 Å². The maximum Gasteiger partial charge on any atom is 0.306 e. The van der Waals surface area contributed by atoms with E-state index in [0.29, 0.717) is 17.4 Å². The monoisotopic (exact) mass is 1410 g/mol. The molecule has 0 aromatic carbocycles. The topological polar surface area (TPSA) is 111 Å². The van der Waals surface area contributed by atoms with Crippen LogP contribution in [0.2, 0.25) is 0 Å². The fourth-order valence-corrected chi connectivity index (χ4v) is 12.6. The highest BCUT2D eigenvalue weighted by atomic mass is 31.2. The summed E-state index contributed by atoms with van der Waals surface area (Å²) in [6.07, 6.45) is 116. The van der Waals surface area contributed by atoms with Gasteiger partial charge in [-0.2, -0.15) is 0 Å². The Morgan fingerprint density at radius 3 is 0.850 bits per heavy atom. The predicted molar refractivity (Wildman–Crippen MR) is 434 cm³/mol. The molecule has 2 unspecified atom stereocenters.